The lowest BCUT2D eigenvalue weighted by Crippen LogP contribution is -2.41. The first kappa shape index (κ1) is 20.8. The molecular formula is C22H29NO4S. The molecule has 0 amide bonds. The highest BCUT2D eigenvalue weighted by atomic mass is 32.2. The van der Waals surface area contributed by atoms with E-state index in [0.29, 0.717) is 18.2 Å². The van der Waals surface area contributed by atoms with Gasteiger partial charge in [0.1, 0.15) is 5.75 Å². The van der Waals surface area contributed by atoms with Crippen molar-refractivity contribution in [3.63, 3.8) is 0 Å². The van der Waals surface area contributed by atoms with Gasteiger partial charge in [-0.15, -0.1) is 0 Å². The van der Waals surface area contributed by atoms with Crippen molar-refractivity contribution in [2.75, 3.05) is 6.54 Å². The van der Waals surface area contributed by atoms with Crippen LogP contribution in [0.15, 0.2) is 41.3 Å². The quantitative estimate of drug-likeness (QED) is 0.548. The van der Waals surface area contributed by atoms with E-state index in [2.05, 4.69) is 0 Å². The van der Waals surface area contributed by atoms with Crippen LogP contribution in [-0.2, 0) is 14.8 Å². The molecule has 1 saturated heterocycles. The van der Waals surface area contributed by atoms with E-state index in [4.69, 9.17) is 4.74 Å². The first-order valence-electron chi connectivity index (χ1n) is 9.68. The second kappa shape index (κ2) is 8.21. The Labute approximate surface area is 167 Å². The molecule has 2 atom stereocenters. The van der Waals surface area contributed by atoms with Crippen molar-refractivity contribution in [3.8, 4) is 5.75 Å². The maximum Gasteiger partial charge on any atom is 0.308 e. The Morgan fingerprint density at radius 2 is 1.86 bits per heavy atom. The molecule has 1 saturated carbocycles. The van der Waals surface area contributed by atoms with Gasteiger partial charge >= 0.3 is 5.97 Å². The number of carbonyl (C=O) groups is 1. The van der Waals surface area contributed by atoms with Crippen molar-refractivity contribution in [2.24, 2.45) is 5.92 Å². The Morgan fingerprint density at radius 1 is 1.11 bits per heavy atom. The minimum Gasteiger partial charge on any atom is -0.426 e. The molecule has 1 heterocycles. The highest BCUT2D eigenvalue weighted by Crippen LogP contribution is 2.38. The van der Waals surface area contributed by atoms with Gasteiger partial charge < -0.3 is 4.74 Å². The summed E-state index contributed by atoms with van der Waals surface area (Å²) < 4.78 is 34.1. The second-order valence-corrected chi connectivity index (χ2v) is 9.57. The van der Waals surface area contributed by atoms with E-state index in [9.17, 15) is 13.2 Å². The molecule has 0 spiro atoms. The molecule has 4 rings (SSSR count). The van der Waals surface area contributed by atoms with Crippen LogP contribution in [0.5, 0.6) is 5.75 Å². The Kier molecular flexibility index (Phi) is 6.10. The van der Waals surface area contributed by atoms with Crippen molar-refractivity contribution in [1.29, 1.82) is 0 Å². The van der Waals surface area contributed by atoms with Gasteiger partial charge in [-0.1, -0.05) is 44.5 Å². The van der Waals surface area contributed by atoms with Crippen LogP contribution in [0.2, 0.25) is 0 Å². The van der Waals surface area contributed by atoms with Crippen LogP contribution < -0.4 is 4.74 Å². The summed E-state index contributed by atoms with van der Waals surface area (Å²) >= 11 is 0. The van der Waals surface area contributed by atoms with Gasteiger partial charge in [0.25, 0.3) is 0 Å². The molecule has 2 aliphatic rings. The van der Waals surface area contributed by atoms with E-state index in [1.165, 1.54) is 19.4 Å². The fraction of sp³-hybridized carbons (Fsp3) is 0.500. The maximum atomic E-state index is 13.5. The molecule has 0 N–H and O–H groups in total. The third-order valence-corrected chi connectivity index (χ3v) is 7.74. The number of hydrogen-bond donors (Lipinski definition) is 0. The minimum atomic E-state index is -3.64. The van der Waals surface area contributed by atoms with Gasteiger partial charge in [-0.2, -0.15) is 4.31 Å². The van der Waals surface area contributed by atoms with Crippen molar-refractivity contribution < 1.29 is 17.9 Å². The smallest absolute Gasteiger partial charge is 0.308 e. The summed E-state index contributed by atoms with van der Waals surface area (Å²) in [7, 11) is -3.64. The monoisotopic (exact) mass is 403 g/mol. The number of fused-ring (bicyclic) bond motifs is 3. The molecule has 28 heavy (non-hydrogen) atoms. The molecule has 2 aromatic carbocycles. The second-order valence-electron chi connectivity index (χ2n) is 7.68. The largest absolute Gasteiger partial charge is 0.426 e. The van der Waals surface area contributed by atoms with Crippen LogP contribution in [-0.4, -0.2) is 31.3 Å². The molecular weight excluding hydrogens is 374 g/mol. The molecule has 2 unspecified atom stereocenters. The molecule has 6 heteroatoms. The average molecular weight is 404 g/mol. The lowest BCUT2D eigenvalue weighted by atomic mass is 9.84. The molecule has 0 aromatic heterocycles. The summed E-state index contributed by atoms with van der Waals surface area (Å²) in [6.45, 7) is 1.89. The van der Waals surface area contributed by atoms with Crippen LogP contribution in [0.3, 0.4) is 0 Å². The van der Waals surface area contributed by atoms with Crippen LogP contribution in [0.4, 0.5) is 0 Å². The molecule has 1 aliphatic heterocycles. The molecule has 152 valence electrons. The molecule has 2 fully saturated rings. The standard InChI is InChI=1S/C21H25NO4S.CH4/c1-15(23)26-21-14-19(13-17-8-2-3-10-20(17)21)27(24,25)22-11-5-7-16-6-4-9-18(22)12-16;/h2-3,8,10,13-14,16,18H,4-7,9,11-12H2,1H3;1H4. The van der Waals surface area contributed by atoms with E-state index < -0.39 is 16.0 Å². The zero-order valence-corrected chi connectivity index (χ0v) is 16.4. The molecule has 2 aromatic rings. The van der Waals surface area contributed by atoms with Crippen LogP contribution in [0.25, 0.3) is 10.8 Å². The van der Waals surface area contributed by atoms with E-state index in [-0.39, 0.29) is 18.4 Å². The summed E-state index contributed by atoms with van der Waals surface area (Å²) in [5, 5.41) is 1.49. The van der Waals surface area contributed by atoms with E-state index in [1.807, 2.05) is 24.3 Å². The summed E-state index contributed by atoms with van der Waals surface area (Å²) in [4.78, 5) is 11.7. The molecule has 2 bridgehead atoms. The number of ether oxygens (including phenoxy) is 1. The zero-order valence-electron chi connectivity index (χ0n) is 15.6. The normalized spacial score (nSPS) is 22.9. The van der Waals surface area contributed by atoms with Crippen molar-refractivity contribution in [1.82, 2.24) is 4.31 Å². The van der Waals surface area contributed by atoms with Gasteiger partial charge in [-0.05, 0) is 43.1 Å². The molecule has 0 radical (unpaired) electrons. The average Bonchev–Trinajstić information content (AvgIpc) is 2.79. The van der Waals surface area contributed by atoms with Gasteiger partial charge in [0.05, 0.1) is 4.90 Å². The molecule has 5 nitrogen and oxygen atoms in total. The van der Waals surface area contributed by atoms with Crippen LogP contribution >= 0.6 is 0 Å². The van der Waals surface area contributed by atoms with E-state index in [1.54, 1.807) is 10.4 Å². The first-order valence-corrected chi connectivity index (χ1v) is 11.1. The Hall–Kier alpha value is -1.92. The van der Waals surface area contributed by atoms with Crippen molar-refractivity contribution in [2.45, 2.75) is 63.8 Å². The lowest BCUT2D eigenvalue weighted by Gasteiger charge is -2.33. The van der Waals surface area contributed by atoms with E-state index in [0.717, 1.165) is 42.9 Å². The molecule has 1 aliphatic carbocycles. The summed E-state index contributed by atoms with van der Waals surface area (Å²) in [5.74, 6) is 0.493. The van der Waals surface area contributed by atoms with Gasteiger partial charge in [0.2, 0.25) is 10.0 Å². The van der Waals surface area contributed by atoms with Gasteiger partial charge in [-0.25, -0.2) is 8.42 Å². The number of rotatable bonds is 3. The lowest BCUT2D eigenvalue weighted by molar-refractivity contribution is -0.131. The Morgan fingerprint density at radius 3 is 2.64 bits per heavy atom. The third-order valence-electron chi connectivity index (χ3n) is 5.81. The predicted molar refractivity (Wildman–Crippen MR) is 111 cm³/mol. The van der Waals surface area contributed by atoms with Crippen LogP contribution in [0, 0.1) is 5.92 Å². The third kappa shape index (κ3) is 3.94. The number of nitrogens with zero attached hydrogens (tertiary/aromatic N) is 1. The van der Waals surface area contributed by atoms with Crippen molar-refractivity contribution in [3.05, 3.63) is 36.4 Å². The number of esters is 1. The SMILES string of the molecule is C.CC(=O)Oc1cc(S(=O)(=O)N2CCCC3CCCC2C3)cc2ccccc12. The van der Waals surface area contributed by atoms with Crippen LogP contribution in [0.1, 0.15) is 52.9 Å². The first-order chi connectivity index (χ1) is 12.9. The fourth-order valence-electron chi connectivity index (χ4n) is 4.59. The summed E-state index contributed by atoms with van der Waals surface area (Å²) in [5.41, 5.74) is 0. The topological polar surface area (TPSA) is 63.7 Å². The summed E-state index contributed by atoms with van der Waals surface area (Å²) in [6, 6.07) is 10.7. The van der Waals surface area contributed by atoms with E-state index >= 15 is 0 Å². The van der Waals surface area contributed by atoms with Gasteiger partial charge in [-0.3, -0.25) is 4.79 Å². The Bertz CT molecular complexity index is 970. The highest BCUT2D eigenvalue weighted by Gasteiger charge is 2.37. The zero-order chi connectivity index (χ0) is 19.0. The number of hydrogen-bond acceptors (Lipinski definition) is 4. The number of carbonyl (C=O) groups excluding carboxylic acids is 1. The predicted octanol–water partition coefficient (Wildman–Crippen LogP) is 4.74. The van der Waals surface area contributed by atoms with Gasteiger partial charge in [0, 0.05) is 31.0 Å². The van der Waals surface area contributed by atoms with Crippen molar-refractivity contribution >= 4 is 26.8 Å². The highest BCUT2D eigenvalue weighted by molar-refractivity contribution is 7.89. The summed E-state index contributed by atoms with van der Waals surface area (Å²) in [6.07, 6.45) is 6.22. The maximum absolute atomic E-state index is 13.5. The number of benzene rings is 2. The number of sulfonamides is 1. The Balaban J connectivity index is 0.00000225. The van der Waals surface area contributed by atoms with Gasteiger partial charge in [0.15, 0.2) is 0 Å². The minimum absolute atomic E-state index is 0. The fourth-order valence-corrected chi connectivity index (χ4v) is 6.35.